The standard InChI is InChI=1S/C10H10BrFN2O4/c11-6-3-5(12)1-2-7(6)14-10(18)13-4-8(15)9(16)17/h1-3,8,15H,4H2,(H,16,17)(H2,13,14,18). The topological polar surface area (TPSA) is 98.7 Å². The van der Waals surface area contributed by atoms with Crippen LogP contribution >= 0.6 is 15.9 Å². The van der Waals surface area contributed by atoms with Gasteiger partial charge in [0, 0.05) is 4.47 Å². The quantitative estimate of drug-likeness (QED) is 0.669. The van der Waals surface area contributed by atoms with Crippen molar-refractivity contribution < 1.29 is 24.2 Å². The van der Waals surface area contributed by atoms with Gasteiger partial charge in [-0.1, -0.05) is 0 Å². The van der Waals surface area contributed by atoms with E-state index >= 15 is 0 Å². The Balaban J connectivity index is 2.52. The molecule has 0 radical (unpaired) electrons. The molecule has 1 atom stereocenters. The van der Waals surface area contributed by atoms with E-state index < -0.39 is 30.5 Å². The second-order valence-corrected chi connectivity index (χ2v) is 4.17. The first kappa shape index (κ1) is 14.4. The summed E-state index contributed by atoms with van der Waals surface area (Å²) in [5.74, 6) is -1.90. The zero-order valence-electron chi connectivity index (χ0n) is 8.98. The molecule has 8 heteroatoms. The Labute approximate surface area is 110 Å². The molecule has 1 aromatic carbocycles. The molecule has 4 N–H and O–H groups in total. The van der Waals surface area contributed by atoms with Crippen molar-refractivity contribution in [2.24, 2.45) is 0 Å². The second kappa shape index (κ2) is 6.31. The summed E-state index contributed by atoms with van der Waals surface area (Å²) in [7, 11) is 0. The predicted octanol–water partition coefficient (Wildman–Crippen LogP) is 1.16. The van der Waals surface area contributed by atoms with Gasteiger partial charge in [-0.25, -0.2) is 14.0 Å². The number of aliphatic carboxylic acids is 1. The highest BCUT2D eigenvalue weighted by Gasteiger charge is 2.14. The summed E-state index contributed by atoms with van der Waals surface area (Å²) in [5.41, 5.74) is 0.318. The minimum absolute atomic E-state index is 0.318. The Kier molecular flexibility index (Phi) is 5.05. The van der Waals surface area contributed by atoms with Gasteiger partial charge in [0.05, 0.1) is 12.2 Å². The number of hydrogen-bond acceptors (Lipinski definition) is 3. The van der Waals surface area contributed by atoms with Crippen LogP contribution in [0.25, 0.3) is 0 Å². The summed E-state index contributed by atoms with van der Waals surface area (Å²) >= 11 is 3.05. The number of aliphatic hydroxyl groups is 1. The van der Waals surface area contributed by atoms with Crippen LogP contribution in [0.1, 0.15) is 0 Å². The average molecular weight is 321 g/mol. The lowest BCUT2D eigenvalue weighted by Gasteiger charge is -2.10. The van der Waals surface area contributed by atoms with Gasteiger partial charge in [-0.05, 0) is 34.1 Å². The molecular formula is C10H10BrFN2O4. The van der Waals surface area contributed by atoms with Crippen molar-refractivity contribution in [3.8, 4) is 0 Å². The van der Waals surface area contributed by atoms with Gasteiger partial charge >= 0.3 is 12.0 Å². The van der Waals surface area contributed by atoms with Crippen LogP contribution in [0, 0.1) is 5.82 Å². The number of nitrogens with one attached hydrogen (secondary N) is 2. The number of carboxylic acid groups (broad SMARTS) is 1. The van der Waals surface area contributed by atoms with Gasteiger partial charge in [-0.3, -0.25) is 0 Å². The molecule has 98 valence electrons. The maximum atomic E-state index is 12.8. The highest BCUT2D eigenvalue weighted by atomic mass is 79.9. The molecule has 1 unspecified atom stereocenters. The zero-order valence-corrected chi connectivity index (χ0v) is 10.6. The van der Waals surface area contributed by atoms with Gasteiger partial charge < -0.3 is 20.8 Å². The summed E-state index contributed by atoms with van der Waals surface area (Å²) in [5, 5.41) is 21.8. The number of hydrogen-bond donors (Lipinski definition) is 4. The van der Waals surface area contributed by atoms with Gasteiger partial charge in [-0.15, -0.1) is 0 Å². The van der Waals surface area contributed by atoms with E-state index in [-0.39, 0.29) is 0 Å². The molecule has 0 heterocycles. The van der Waals surface area contributed by atoms with Crippen LogP contribution in [0.5, 0.6) is 0 Å². The number of carbonyl (C=O) groups excluding carboxylic acids is 1. The SMILES string of the molecule is O=C(NCC(O)C(=O)O)Nc1ccc(F)cc1Br. The largest absolute Gasteiger partial charge is 0.479 e. The van der Waals surface area contributed by atoms with Crippen molar-refractivity contribution in [3.63, 3.8) is 0 Å². The lowest BCUT2D eigenvalue weighted by Crippen LogP contribution is -2.38. The molecule has 0 spiro atoms. The minimum Gasteiger partial charge on any atom is -0.479 e. The Morgan fingerprint density at radius 2 is 2.11 bits per heavy atom. The maximum absolute atomic E-state index is 12.8. The zero-order chi connectivity index (χ0) is 13.7. The molecule has 6 nitrogen and oxygen atoms in total. The summed E-state index contributed by atoms with van der Waals surface area (Å²) < 4.78 is 13.1. The fraction of sp³-hybridized carbons (Fsp3) is 0.200. The number of benzene rings is 1. The number of anilines is 1. The fourth-order valence-electron chi connectivity index (χ4n) is 1.03. The van der Waals surface area contributed by atoms with Gasteiger partial charge in [0.2, 0.25) is 0 Å². The number of carboxylic acids is 1. The first-order valence-electron chi connectivity index (χ1n) is 4.81. The Bertz CT molecular complexity index is 469. The van der Waals surface area contributed by atoms with Gasteiger partial charge in [0.1, 0.15) is 5.82 Å². The van der Waals surface area contributed by atoms with Crippen LogP contribution < -0.4 is 10.6 Å². The van der Waals surface area contributed by atoms with Crippen molar-refractivity contribution in [2.75, 3.05) is 11.9 Å². The van der Waals surface area contributed by atoms with Crippen LogP contribution in [-0.4, -0.2) is 34.9 Å². The smallest absolute Gasteiger partial charge is 0.334 e. The van der Waals surface area contributed by atoms with E-state index in [0.717, 1.165) is 6.07 Å². The first-order chi connectivity index (χ1) is 8.40. The van der Waals surface area contributed by atoms with E-state index in [1.807, 2.05) is 0 Å². The molecule has 0 aliphatic carbocycles. The minimum atomic E-state index is -1.67. The molecule has 1 rings (SSSR count). The number of rotatable bonds is 4. The normalized spacial score (nSPS) is 11.7. The van der Waals surface area contributed by atoms with Crippen molar-refractivity contribution in [2.45, 2.75) is 6.10 Å². The van der Waals surface area contributed by atoms with E-state index in [4.69, 9.17) is 10.2 Å². The molecule has 0 saturated heterocycles. The maximum Gasteiger partial charge on any atom is 0.334 e. The van der Waals surface area contributed by atoms with Crippen LogP contribution in [-0.2, 0) is 4.79 Å². The third-order valence-corrected chi connectivity index (χ3v) is 2.58. The molecule has 0 aromatic heterocycles. The third kappa shape index (κ3) is 4.30. The first-order valence-corrected chi connectivity index (χ1v) is 5.60. The summed E-state index contributed by atoms with van der Waals surface area (Å²) in [6, 6.07) is 2.96. The molecule has 0 fully saturated rings. The molecule has 0 bridgehead atoms. The van der Waals surface area contributed by atoms with E-state index in [0.29, 0.717) is 10.2 Å². The second-order valence-electron chi connectivity index (χ2n) is 3.31. The molecule has 1 aromatic rings. The van der Waals surface area contributed by atoms with E-state index in [1.165, 1.54) is 12.1 Å². The Morgan fingerprint density at radius 3 is 2.67 bits per heavy atom. The molecule has 0 saturated carbocycles. The molecular weight excluding hydrogens is 311 g/mol. The fourth-order valence-corrected chi connectivity index (χ4v) is 1.48. The van der Waals surface area contributed by atoms with Crippen molar-refractivity contribution in [3.05, 3.63) is 28.5 Å². The van der Waals surface area contributed by atoms with E-state index in [9.17, 15) is 14.0 Å². The van der Waals surface area contributed by atoms with Crippen LogP contribution in [0.15, 0.2) is 22.7 Å². The number of halogens is 2. The van der Waals surface area contributed by atoms with Gasteiger partial charge in [0.25, 0.3) is 0 Å². The lowest BCUT2D eigenvalue weighted by atomic mass is 10.3. The van der Waals surface area contributed by atoms with Gasteiger partial charge in [-0.2, -0.15) is 0 Å². The number of aliphatic hydroxyl groups excluding tert-OH is 1. The molecule has 0 aliphatic rings. The average Bonchev–Trinajstić information content (AvgIpc) is 2.29. The van der Waals surface area contributed by atoms with Crippen molar-refractivity contribution in [1.29, 1.82) is 0 Å². The van der Waals surface area contributed by atoms with E-state index in [2.05, 4.69) is 26.6 Å². The van der Waals surface area contributed by atoms with E-state index in [1.54, 1.807) is 0 Å². The lowest BCUT2D eigenvalue weighted by molar-refractivity contribution is -0.146. The Morgan fingerprint density at radius 1 is 1.44 bits per heavy atom. The molecule has 18 heavy (non-hydrogen) atoms. The van der Waals surface area contributed by atoms with Gasteiger partial charge in [0.15, 0.2) is 6.10 Å². The highest BCUT2D eigenvalue weighted by molar-refractivity contribution is 9.10. The van der Waals surface area contributed by atoms with Crippen molar-refractivity contribution >= 4 is 33.6 Å². The molecule has 2 amide bonds. The third-order valence-electron chi connectivity index (χ3n) is 1.92. The van der Waals surface area contributed by atoms with Crippen LogP contribution in [0.4, 0.5) is 14.9 Å². The van der Waals surface area contributed by atoms with Crippen LogP contribution in [0.3, 0.4) is 0 Å². The summed E-state index contributed by atoms with van der Waals surface area (Å²) in [4.78, 5) is 21.6. The summed E-state index contributed by atoms with van der Waals surface area (Å²) in [6.45, 7) is -0.431. The van der Waals surface area contributed by atoms with Crippen molar-refractivity contribution in [1.82, 2.24) is 5.32 Å². The number of urea groups is 1. The summed E-state index contributed by atoms with van der Waals surface area (Å²) in [6.07, 6.45) is -1.67. The monoisotopic (exact) mass is 320 g/mol. The Hall–Kier alpha value is -1.67. The van der Waals surface area contributed by atoms with Crippen LogP contribution in [0.2, 0.25) is 0 Å². The molecule has 0 aliphatic heterocycles. The highest BCUT2D eigenvalue weighted by Crippen LogP contribution is 2.22. The number of carbonyl (C=O) groups is 2. The number of amides is 2. The predicted molar refractivity (Wildman–Crippen MR) is 64.8 cm³/mol.